The molecule has 0 bridgehead atoms. The average Bonchev–Trinajstić information content (AvgIpc) is 2.65. The lowest BCUT2D eigenvalue weighted by molar-refractivity contribution is 0.176. The fourth-order valence-electron chi connectivity index (χ4n) is 1.44. The second kappa shape index (κ2) is 4.41. The molecular formula is C10H9BrClNO2. The predicted molar refractivity (Wildman–Crippen MR) is 61.0 cm³/mol. The van der Waals surface area contributed by atoms with Gasteiger partial charge >= 0.3 is 6.09 Å². The fraction of sp³-hybridized carbons (Fsp3) is 0.300. The summed E-state index contributed by atoms with van der Waals surface area (Å²) in [6, 6.07) is 7.53. The fourth-order valence-corrected chi connectivity index (χ4v) is 1.98. The van der Waals surface area contributed by atoms with Gasteiger partial charge in [0, 0.05) is 4.47 Å². The van der Waals surface area contributed by atoms with E-state index in [1.54, 1.807) is 0 Å². The Kier molecular flexibility index (Phi) is 3.17. The van der Waals surface area contributed by atoms with Gasteiger partial charge in [0.15, 0.2) is 0 Å². The van der Waals surface area contributed by atoms with Gasteiger partial charge < -0.3 is 10.1 Å². The Morgan fingerprint density at radius 3 is 2.67 bits per heavy atom. The van der Waals surface area contributed by atoms with E-state index in [4.69, 9.17) is 16.3 Å². The average molecular weight is 291 g/mol. The van der Waals surface area contributed by atoms with Crippen molar-refractivity contribution in [3.05, 3.63) is 34.3 Å². The number of hydrogen-bond acceptors (Lipinski definition) is 2. The van der Waals surface area contributed by atoms with Crippen molar-refractivity contribution in [2.75, 3.05) is 6.61 Å². The second-order valence-corrected chi connectivity index (χ2v) is 4.69. The van der Waals surface area contributed by atoms with E-state index in [0.717, 1.165) is 10.0 Å². The van der Waals surface area contributed by atoms with Crippen LogP contribution in [0.25, 0.3) is 0 Å². The minimum atomic E-state index is -0.400. The molecular weight excluding hydrogens is 281 g/mol. The summed E-state index contributed by atoms with van der Waals surface area (Å²) in [5.74, 6) is 0. The molecule has 1 amide bonds. The normalized spacial score (nSPS) is 22.0. The highest BCUT2D eigenvalue weighted by Gasteiger charge is 2.29. The van der Waals surface area contributed by atoms with Crippen molar-refractivity contribution in [1.82, 2.24) is 5.32 Å². The Balaban J connectivity index is 2.10. The first-order valence-corrected chi connectivity index (χ1v) is 5.72. The van der Waals surface area contributed by atoms with Crippen LogP contribution < -0.4 is 5.32 Å². The van der Waals surface area contributed by atoms with Crippen LogP contribution in [-0.2, 0) is 4.74 Å². The molecule has 1 aliphatic heterocycles. The number of rotatable bonds is 2. The van der Waals surface area contributed by atoms with Crippen molar-refractivity contribution in [2.24, 2.45) is 0 Å². The predicted octanol–water partition coefficient (Wildman–Crippen LogP) is 2.84. The number of carbonyl (C=O) groups excluding carboxylic acids is 1. The van der Waals surface area contributed by atoms with E-state index in [2.05, 4.69) is 21.2 Å². The van der Waals surface area contributed by atoms with E-state index < -0.39 is 6.09 Å². The lowest BCUT2D eigenvalue weighted by Gasteiger charge is -2.15. The summed E-state index contributed by atoms with van der Waals surface area (Å²) in [6.07, 6.45) is -0.400. The van der Waals surface area contributed by atoms with E-state index in [0.29, 0.717) is 6.61 Å². The Morgan fingerprint density at radius 1 is 1.47 bits per heavy atom. The van der Waals surface area contributed by atoms with Crippen LogP contribution in [0, 0.1) is 0 Å². The highest BCUT2D eigenvalue weighted by atomic mass is 79.9. The number of alkyl carbamates (subject to hydrolysis) is 1. The first-order chi connectivity index (χ1) is 7.16. The Labute approximate surface area is 101 Å². The van der Waals surface area contributed by atoms with E-state index in [1.165, 1.54) is 0 Å². The van der Waals surface area contributed by atoms with Crippen LogP contribution in [0.15, 0.2) is 28.7 Å². The molecule has 0 radical (unpaired) electrons. The molecule has 2 rings (SSSR count). The molecule has 1 heterocycles. The first kappa shape index (κ1) is 10.8. The zero-order chi connectivity index (χ0) is 10.8. The lowest BCUT2D eigenvalue weighted by Crippen LogP contribution is -2.30. The number of nitrogens with one attached hydrogen (secondary N) is 1. The number of hydrogen-bond donors (Lipinski definition) is 1. The molecule has 0 aliphatic carbocycles. The summed E-state index contributed by atoms with van der Waals surface area (Å²) in [6.45, 7) is 0.322. The molecule has 1 aromatic rings. The van der Waals surface area contributed by atoms with Crippen LogP contribution in [0.5, 0.6) is 0 Å². The summed E-state index contributed by atoms with van der Waals surface area (Å²) in [7, 11) is 0. The summed E-state index contributed by atoms with van der Waals surface area (Å²) in [5, 5.41) is 2.40. The zero-order valence-corrected chi connectivity index (χ0v) is 10.1. The summed E-state index contributed by atoms with van der Waals surface area (Å²) in [5.41, 5.74) is 0.968. The molecule has 0 aromatic heterocycles. The third kappa shape index (κ3) is 2.44. The molecule has 2 atom stereocenters. The molecule has 1 fully saturated rings. The zero-order valence-electron chi connectivity index (χ0n) is 7.74. The number of ether oxygens (including phenoxy) is 1. The number of halogens is 2. The quantitative estimate of drug-likeness (QED) is 0.851. The minimum absolute atomic E-state index is 0.152. The van der Waals surface area contributed by atoms with E-state index in [9.17, 15) is 4.79 Å². The summed E-state index contributed by atoms with van der Waals surface area (Å²) >= 11 is 9.57. The van der Waals surface area contributed by atoms with Crippen LogP contribution in [0.2, 0.25) is 0 Å². The van der Waals surface area contributed by atoms with Gasteiger partial charge in [-0.05, 0) is 17.7 Å². The van der Waals surface area contributed by atoms with Crippen LogP contribution in [0.3, 0.4) is 0 Å². The van der Waals surface area contributed by atoms with Crippen molar-refractivity contribution in [3.63, 3.8) is 0 Å². The topological polar surface area (TPSA) is 38.3 Å². The highest BCUT2D eigenvalue weighted by Crippen LogP contribution is 2.27. The highest BCUT2D eigenvalue weighted by molar-refractivity contribution is 9.10. The van der Waals surface area contributed by atoms with Crippen molar-refractivity contribution in [1.29, 1.82) is 0 Å². The van der Waals surface area contributed by atoms with E-state index >= 15 is 0 Å². The molecule has 15 heavy (non-hydrogen) atoms. The monoisotopic (exact) mass is 289 g/mol. The van der Waals surface area contributed by atoms with E-state index in [1.807, 2.05) is 24.3 Å². The largest absolute Gasteiger partial charge is 0.447 e. The molecule has 0 unspecified atom stereocenters. The molecule has 0 spiro atoms. The van der Waals surface area contributed by atoms with Crippen molar-refractivity contribution in [3.8, 4) is 0 Å². The summed E-state index contributed by atoms with van der Waals surface area (Å²) in [4.78, 5) is 10.8. The molecule has 1 N–H and O–H groups in total. The molecule has 0 saturated carbocycles. The maximum atomic E-state index is 10.8. The van der Waals surface area contributed by atoms with Gasteiger partial charge in [0.25, 0.3) is 0 Å². The number of amides is 1. The second-order valence-electron chi connectivity index (χ2n) is 3.30. The smallest absolute Gasteiger partial charge is 0.407 e. The molecule has 80 valence electrons. The Morgan fingerprint density at radius 2 is 2.13 bits per heavy atom. The van der Waals surface area contributed by atoms with Crippen molar-refractivity contribution < 1.29 is 9.53 Å². The van der Waals surface area contributed by atoms with Crippen LogP contribution in [0.1, 0.15) is 10.9 Å². The number of carbonyl (C=O) groups is 1. The van der Waals surface area contributed by atoms with Crippen LogP contribution in [0.4, 0.5) is 4.79 Å². The standard InChI is InChI=1S/C10H9BrClNO2/c11-7-3-1-6(2-4-7)9(12)8-5-15-10(14)13-8/h1-4,8-9H,5H2,(H,13,14)/t8-,9+/m1/s1. The van der Waals surface area contributed by atoms with Gasteiger partial charge in [0.1, 0.15) is 6.61 Å². The van der Waals surface area contributed by atoms with Gasteiger partial charge in [-0.25, -0.2) is 4.79 Å². The third-order valence-electron chi connectivity index (χ3n) is 2.24. The van der Waals surface area contributed by atoms with Gasteiger partial charge in [0.05, 0.1) is 11.4 Å². The number of cyclic esters (lactones) is 1. The van der Waals surface area contributed by atoms with Gasteiger partial charge in [-0.15, -0.1) is 11.6 Å². The maximum Gasteiger partial charge on any atom is 0.407 e. The van der Waals surface area contributed by atoms with Gasteiger partial charge in [0.2, 0.25) is 0 Å². The maximum absolute atomic E-state index is 10.8. The molecule has 1 aromatic carbocycles. The van der Waals surface area contributed by atoms with Gasteiger partial charge in [-0.3, -0.25) is 0 Å². The Bertz CT molecular complexity index is 368. The lowest BCUT2D eigenvalue weighted by atomic mass is 10.1. The molecule has 5 heteroatoms. The Hall–Kier alpha value is -0.740. The molecule has 1 aliphatic rings. The van der Waals surface area contributed by atoms with Gasteiger partial charge in [-0.2, -0.15) is 0 Å². The first-order valence-electron chi connectivity index (χ1n) is 4.49. The molecule has 1 saturated heterocycles. The van der Waals surface area contributed by atoms with Crippen LogP contribution in [-0.4, -0.2) is 18.7 Å². The van der Waals surface area contributed by atoms with E-state index in [-0.39, 0.29) is 11.4 Å². The summed E-state index contributed by atoms with van der Waals surface area (Å²) < 4.78 is 5.79. The third-order valence-corrected chi connectivity index (χ3v) is 3.32. The molecule has 3 nitrogen and oxygen atoms in total. The SMILES string of the molecule is O=C1N[C@@H]([C@@H](Cl)c2ccc(Br)cc2)CO1. The van der Waals surface area contributed by atoms with Gasteiger partial charge in [-0.1, -0.05) is 28.1 Å². The number of alkyl halides is 1. The van der Waals surface area contributed by atoms with Crippen LogP contribution >= 0.6 is 27.5 Å². The number of benzene rings is 1. The minimum Gasteiger partial charge on any atom is -0.447 e. The van der Waals surface area contributed by atoms with Crippen molar-refractivity contribution in [2.45, 2.75) is 11.4 Å². The van der Waals surface area contributed by atoms with Crippen molar-refractivity contribution >= 4 is 33.6 Å².